The van der Waals surface area contributed by atoms with Gasteiger partial charge in [-0.2, -0.15) is 0 Å². The molecule has 0 saturated carbocycles. The van der Waals surface area contributed by atoms with Crippen molar-refractivity contribution < 1.29 is 4.79 Å². The first-order valence-corrected chi connectivity index (χ1v) is 8.32. The second-order valence-electron chi connectivity index (χ2n) is 5.19. The largest absolute Gasteiger partial charge is 0.310 e. The molecule has 1 aliphatic rings. The molecule has 20 heavy (non-hydrogen) atoms. The zero-order valence-electron chi connectivity index (χ0n) is 12.6. The number of nitrogens with zero attached hydrogens (tertiary/aromatic N) is 2. The van der Waals surface area contributed by atoms with E-state index in [1.807, 2.05) is 22.7 Å². The summed E-state index contributed by atoms with van der Waals surface area (Å²) < 4.78 is 0. The number of benzene rings is 1. The van der Waals surface area contributed by atoms with E-state index in [2.05, 4.69) is 43.9 Å². The van der Waals surface area contributed by atoms with E-state index in [0.717, 1.165) is 31.7 Å². The molecular formula is C16H24N2OS. The van der Waals surface area contributed by atoms with Gasteiger partial charge in [-0.3, -0.25) is 9.69 Å². The van der Waals surface area contributed by atoms with Crippen molar-refractivity contribution in [1.82, 2.24) is 4.90 Å². The SMILES string of the molecule is CCN(CC)CC(=O)N1CCC(C)Sc2ccccc21. The molecule has 1 amide bonds. The maximum Gasteiger partial charge on any atom is 0.241 e. The summed E-state index contributed by atoms with van der Waals surface area (Å²) in [6, 6.07) is 8.27. The topological polar surface area (TPSA) is 23.6 Å². The molecule has 0 spiro atoms. The van der Waals surface area contributed by atoms with Crippen LogP contribution < -0.4 is 4.90 Å². The second kappa shape index (κ2) is 7.14. The molecule has 110 valence electrons. The van der Waals surface area contributed by atoms with Crippen molar-refractivity contribution in [2.45, 2.75) is 37.3 Å². The lowest BCUT2D eigenvalue weighted by Crippen LogP contribution is -2.41. The number of thioether (sulfide) groups is 1. The first kappa shape index (κ1) is 15.4. The number of rotatable bonds is 4. The summed E-state index contributed by atoms with van der Waals surface area (Å²) >= 11 is 1.88. The van der Waals surface area contributed by atoms with Gasteiger partial charge < -0.3 is 4.90 Å². The van der Waals surface area contributed by atoms with Gasteiger partial charge in [0.25, 0.3) is 0 Å². The minimum Gasteiger partial charge on any atom is -0.310 e. The fraction of sp³-hybridized carbons (Fsp3) is 0.562. The van der Waals surface area contributed by atoms with Crippen molar-refractivity contribution in [3.8, 4) is 0 Å². The van der Waals surface area contributed by atoms with E-state index >= 15 is 0 Å². The number of hydrogen-bond acceptors (Lipinski definition) is 3. The number of hydrogen-bond donors (Lipinski definition) is 0. The number of para-hydroxylation sites is 1. The second-order valence-corrected chi connectivity index (χ2v) is 6.67. The molecule has 0 bridgehead atoms. The summed E-state index contributed by atoms with van der Waals surface area (Å²) in [7, 11) is 0. The summed E-state index contributed by atoms with van der Waals surface area (Å²) in [5, 5.41) is 0.558. The minimum absolute atomic E-state index is 0.218. The van der Waals surface area contributed by atoms with Gasteiger partial charge in [0.15, 0.2) is 0 Å². The Morgan fingerprint density at radius 2 is 2.05 bits per heavy atom. The lowest BCUT2D eigenvalue weighted by atomic mass is 10.2. The van der Waals surface area contributed by atoms with Crippen LogP contribution in [0.3, 0.4) is 0 Å². The van der Waals surface area contributed by atoms with Gasteiger partial charge in [-0.15, -0.1) is 11.8 Å². The summed E-state index contributed by atoms with van der Waals surface area (Å²) in [6.07, 6.45) is 1.04. The van der Waals surface area contributed by atoms with Gasteiger partial charge in [0.2, 0.25) is 5.91 Å². The standard InChI is InChI=1S/C16H24N2OS/c1-4-17(5-2)12-16(19)18-11-10-13(3)20-15-9-7-6-8-14(15)18/h6-9,13H,4-5,10-12H2,1-3H3. The number of anilines is 1. The third-order valence-electron chi connectivity index (χ3n) is 3.80. The number of fused-ring (bicyclic) bond motifs is 1. The molecule has 0 aliphatic carbocycles. The van der Waals surface area contributed by atoms with Crippen LogP contribution in [0.5, 0.6) is 0 Å². The van der Waals surface area contributed by atoms with Crippen molar-refractivity contribution in [1.29, 1.82) is 0 Å². The normalized spacial score (nSPS) is 18.8. The van der Waals surface area contributed by atoms with Gasteiger partial charge >= 0.3 is 0 Å². The van der Waals surface area contributed by atoms with Crippen LogP contribution in [-0.2, 0) is 4.79 Å². The summed E-state index contributed by atoms with van der Waals surface area (Å²) in [4.78, 5) is 18.0. The van der Waals surface area contributed by atoms with E-state index in [4.69, 9.17) is 0 Å². The first-order chi connectivity index (χ1) is 9.65. The maximum atomic E-state index is 12.6. The quantitative estimate of drug-likeness (QED) is 0.851. The van der Waals surface area contributed by atoms with Crippen molar-refractivity contribution in [2.24, 2.45) is 0 Å². The molecule has 0 radical (unpaired) electrons. The van der Waals surface area contributed by atoms with E-state index in [1.165, 1.54) is 4.90 Å². The molecule has 1 aromatic carbocycles. The first-order valence-electron chi connectivity index (χ1n) is 7.44. The number of carbonyl (C=O) groups excluding carboxylic acids is 1. The molecule has 1 heterocycles. The van der Waals surface area contributed by atoms with Crippen molar-refractivity contribution in [2.75, 3.05) is 31.1 Å². The zero-order chi connectivity index (χ0) is 14.5. The molecule has 3 nitrogen and oxygen atoms in total. The third kappa shape index (κ3) is 3.55. The lowest BCUT2D eigenvalue weighted by Gasteiger charge is -2.26. The smallest absolute Gasteiger partial charge is 0.241 e. The molecular weight excluding hydrogens is 268 g/mol. The Bertz CT molecular complexity index is 460. The average molecular weight is 292 g/mol. The predicted molar refractivity (Wildman–Crippen MR) is 86.5 cm³/mol. The predicted octanol–water partition coefficient (Wildman–Crippen LogP) is 3.25. The molecule has 1 aromatic rings. The molecule has 1 unspecified atom stereocenters. The van der Waals surface area contributed by atoms with E-state index in [0.29, 0.717) is 11.8 Å². The Kier molecular flexibility index (Phi) is 5.49. The fourth-order valence-electron chi connectivity index (χ4n) is 2.47. The monoisotopic (exact) mass is 292 g/mol. The van der Waals surface area contributed by atoms with Gasteiger partial charge in [0, 0.05) is 16.7 Å². The van der Waals surface area contributed by atoms with E-state index in [1.54, 1.807) is 0 Å². The highest BCUT2D eigenvalue weighted by Gasteiger charge is 2.24. The molecule has 1 aliphatic heterocycles. The lowest BCUT2D eigenvalue weighted by molar-refractivity contribution is -0.119. The highest BCUT2D eigenvalue weighted by Crippen LogP contribution is 2.37. The van der Waals surface area contributed by atoms with Crippen LogP contribution in [0.1, 0.15) is 27.2 Å². The number of amides is 1. The Morgan fingerprint density at radius 3 is 2.75 bits per heavy atom. The molecule has 2 rings (SSSR count). The van der Waals surface area contributed by atoms with Gasteiger partial charge in [-0.1, -0.05) is 32.9 Å². The van der Waals surface area contributed by atoms with Crippen LogP contribution in [0, 0.1) is 0 Å². The number of carbonyl (C=O) groups is 1. The molecule has 4 heteroatoms. The molecule has 0 N–H and O–H groups in total. The minimum atomic E-state index is 0.218. The van der Waals surface area contributed by atoms with Gasteiger partial charge in [-0.25, -0.2) is 0 Å². The van der Waals surface area contributed by atoms with Crippen molar-refractivity contribution in [3.63, 3.8) is 0 Å². The van der Waals surface area contributed by atoms with Crippen LogP contribution in [0.15, 0.2) is 29.2 Å². The highest BCUT2D eigenvalue weighted by molar-refractivity contribution is 8.00. The fourth-order valence-corrected chi connectivity index (χ4v) is 3.58. The molecule has 1 atom stereocenters. The summed E-state index contributed by atoms with van der Waals surface area (Å²) in [5.74, 6) is 0.218. The molecule has 0 aromatic heterocycles. The van der Waals surface area contributed by atoms with Gasteiger partial charge in [0.1, 0.15) is 0 Å². The maximum absolute atomic E-state index is 12.6. The van der Waals surface area contributed by atoms with E-state index in [9.17, 15) is 4.79 Å². The van der Waals surface area contributed by atoms with E-state index in [-0.39, 0.29) is 5.91 Å². The summed E-state index contributed by atoms with van der Waals surface area (Å²) in [5.41, 5.74) is 1.08. The van der Waals surface area contributed by atoms with Crippen LogP contribution in [0.4, 0.5) is 5.69 Å². The van der Waals surface area contributed by atoms with Gasteiger partial charge in [-0.05, 0) is 31.6 Å². The van der Waals surface area contributed by atoms with Crippen LogP contribution in [0.25, 0.3) is 0 Å². The third-order valence-corrected chi connectivity index (χ3v) is 5.04. The summed E-state index contributed by atoms with van der Waals surface area (Å²) in [6.45, 7) is 9.62. The highest BCUT2D eigenvalue weighted by atomic mass is 32.2. The van der Waals surface area contributed by atoms with Crippen molar-refractivity contribution >= 4 is 23.4 Å². The van der Waals surface area contributed by atoms with Crippen LogP contribution in [-0.4, -0.2) is 42.2 Å². The Morgan fingerprint density at radius 1 is 1.35 bits per heavy atom. The zero-order valence-corrected chi connectivity index (χ0v) is 13.4. The number of likely N-dealkylation sites (N-methyl/N-ethyl adjacent to an activating group) is 1. The Balaban J connectivity index is 2.20. The Hall–Kier alpha value is -1.00. The van der Waals surface area contributed by atoms with Crippen molar-refractivity contribution in [3.05, 3.63) is 24.3 Å². The average Bonchev–Trinajstić information content (AvgIpc) is 2.62. The Labute approximate surface area is 126 Å². The van der Waals surface area contributed by atoms with Gasteiger partial charge in [0.05, 0.1) is 12.2 Å². The molecule has 0 fully saturated rings. The molecule has 0 saturated heterocycles. The van der Waals surface area contributed by atoms with Crippen LogP contribution >= 0.6 is 11.8 Å². The van der Waals surface area contributed by atoms with E-state index < -0.39 is 0 Å². The van der Waals surface area contributed by atoms with Crippen LogP contribution in [0.2, 0.25) is 0 Å².